The SMILES string of the molecule is COCCn1c(=NC(=O)c2cc(OC)c(OC)c(OC)c2)sc2cc(OC)c(OC)cc21. The summed E-state index contributed by atoms with van der Waals surface area (Å²) in [4.78, 5) is 18.0. The number of hydrogen-bond donors (Lipinski definition) is 0. The molecule has 172 valence electrons. The lowest BCUT2D eigenvalue weighted by molar-refractivity contribution is 0.0996. The van der Waals surface area contributed by atoms with Crippen molar-refractivity contribution in [3.05, 3.63) is 34.6 Å². The monoisotopic (exact) mass is 462 g/mol. The fourth-order valence-corrected chi connectivity index (χ4v) is 4.30. The molecule has 0 atom stereocenters. The summed E-state index contributed by atoms with van der Waals surface area (Å²) in [6.45, 7) is 0.957. The van der Waals surface area contributed by atoms with Gasteiger partial charge < -0.3 is 33.0 Å². The highest BCUT2D eigenvalue weighted by Crippen LogP contribution is 2.38. The molecule has 3 aromatic rings. The molecule has 32 heavy (non-hydrogen) atoms. The van der Waals surface area contributed by atoms with Gasteiger partial charge in [0.2, 0.25) is 5.75 Å². The van der Waals surface area contributed by atoms with Crippen molar-refractivity contribution in [3.63, 3.8) is 0 Å². The van der Waals surface area contributed by atoms with E-state index in [2.05, 4.69) is 4.99 Å². The molecule has 0 aliphatic rings. The Labute approximate surface area is 189 Å². The number of carbonyl (C=O) groups is 1. The molecular formula is C22H26N2O7S. The normalized spacial score (nSPS) is 11.5. The highest BCUT2D eigenvalue weighted by Gasteiger charge is 2.18. The van der Waals surface area contributed by atoms with Gasteiger partial charge in [0.1, 0.15) is 0 Å². The lowest BCUT2D eigenvalue weighted by atomic mass is 10.1. The van der Waals surface area contributed by atoms with Gasteiger partial charge in [-0.25, -0.2) is 0 Å². The zero-order chi connectivity index (χ0) is 23.3. The van der Waals surface area contributed by atoms with Crippen molar-refractivity contribution in [2.24, 2.45) is 4.99 Å². The van der Waals surface area contributed by atoms with Crippen molar-refractivity contribution in [3.8, 4) is 28.7 Å². The first kappa shape index (κ1) is 23.4. The number of ether oxygens (including phenoxy) is 6. The zero-order valence-electron chi connectivity index (χ0n) is 18.9. The van der Waals surface area contributed by atoms with Crippen molar-refractivity contribution < 1.29 is 33.2 Å². The van der Waals surface area contributed by atoms with E-state index in [1.165, 1.54) is 32.7 Å². The van der Waals surface area contributed by atoms with Gasteiger partial charge in [0.15, 0.2) is 27.8 Å². The average Bonchev–Trinajstić information content (AvgIpc) is 3.15. The number of hydrogen-bond acceptors (Lipinski definition) is 8. The molecule has 0 radical (unpaired) electrons. The highest BCUT2D eigenvalue weighted by molar-refractivity contribution is 7.16. The van der Waals surface area contributed by atoms with Gasteiger partial charge in [0.05, 0.1) is 52.4 Å². The summed E-state index contributed by atoms with van der Waals surface area (Å²) >= 11 is 1.37. The van der Waals surface area contributed by atoms with Crippen LogP contribution in [0.4, 0.5) is 0 Å². The summed E-state index contributed by atoms with van der Waals surface area (Å²) in [5, 5.41) is 0. The van der Waals surface area contributed by atoms with Crippen molar-refractivity contribution >= 4 is 27.5 Å². The molecule has 0 saturated carbocycles. The van der Waals surface area contributed by atoms with Crippen LogP contribution in [0.2, 0.25) is 0 Å². The van der Waals surface area contributed by atoms with Gasteiger partial charge in [-0.3, -0.25) is 4.79 Å². The molecule has 9 nitrogen and oxygen atoms in total. The molecule has 0 N–H and O–H groups in total. The van der Waals surface area contributed by atoms with Crippen LogP contribution >= 0.6 is 11.3 Å². The maximum Gasteiger partial charge on any atom is 0.279 e. The fourth-order valence-electron chi connectivity index (χ4n) is 3.24. The standard InChI is InChI=1S/C22H26N2O7S/c1-26-8-7-24-14-11-15(27-2)16(28-3)12-19(14)32-22(24)23-21(25)13-9-17(29-4)20(31-6)18(10-13)30-5/h9-12H,7-8H2,1-6H3. The zero-order valence-corrected chi connectivity index (χ0v) is 19.7. The number of thiazole rings is 1. The Morgan fingerprint density at radius 2 is 1.44 bits per heavy atom. The van der Waals surface area contributed by atoms with Crippen LogP contribution in [-0.2, 0) is 11.3 Å². The van der Waals surface area contributed by atoms with Crippen LogP contribution in [0.15, 0.2) is 29.3 Å². The second kappa shape index (κ2) is 10.4. The third-order valence-electron chi connectivity index (χ3n) is 4.82. The topological polar surface area (TPSA) is 89.7 Å². The Kier molecular flexibility index (Phi) is 7.60. The van der Waals surface area contributed by atoms with E-state index in [1.54, 1.807) is 33.5 Å². The lowest BCUT2D eigenvalue weighted by Crippen LogP contribution is -2.19. The van der Waals surface area contributed by atoms with Gasteiger partial charge in [0, 0.05) is 31.4 Å². The Balaban J connectivity index is 2.17. The van der Waals surface area contributed by atoms with Crippen LogP contribution in [0.1, 0.15) is 10.4 Å². The number of carbonyl (C=O) groups excluding carboxylic acids is 1. The molecule has 1 heterocycles. The van der Waals surface area contributed by atoms with Gasteiger partial charge in [-0.15, -0.1) is 0 Å². The molecule has 0 fully saturated rings. The smallest absolute Gasteiger partial charge is 0.279 e. The second-order valence-electron chi connectivity index (χ2n) is 6.53. The van der Waals surface area contributed by atoms with Gasteiger partial charge in [-0.05, 0) is 12.1 Å². The van der Waals surface area contributed by atoms with Crippen LogP contribution in [0.3, 0.4) is 0 Å². The molecule has 0 spiro atoms. The molecule has 0 aliphatic carbocycles. The highest BCUT2D eigenvalue weighted by atomic mass is 32.1. The number of benzene rings is 2. The minimum absolute atomic E-state index is 0.311. The van der Waals surface area contributed by atoms with Crippen molar-refractivity contribution in [1.82, 2.24) is 4.57 Å². The molecule has 10 heteroatoms. The third-order valence-corrected chi connectivity index (χ3v) is 5.86. The minimum atomic E-state index is -0.444. The molecule has 1 amide bonds. The van der Waals surface area contributed by atoms with Gasteiger partial charge in [0.25, 0.3) is 5.91 Å². The number of rotatable bonds is 9. The van der Waals surface area contributed by atoms with Crippen LogP contribution < -0.4 is 28.5 Å². The number of methoxy groups -OCH3 is 6. The molecule has 0 unspecified atom stereocenters. The van der Waals surface area contributed by atoms with Crippen molar-refractivity contribution in [2.45, 2.75) is 6.54 Å². The fraction of sp³-hybridized carbons (Fsp3) is 0.364. The molecule has 2 aromatic carbocycles. The first-order valence-corrected chi connectivity index (χ1v) is 10.5. The van der Waals surface area contributed by atoms with E-state index in [0.29, 0.717) is 52.3 Å². The van der Waals surface area contributed by atoms with Gasteiger partial charge in [-0.2, -0.15) is 4.99 Å². The average molecular weight is 463 g/mol. The van der Waals surface area contributed by atoms with E-state index in [4.69, 9.17) is 28.4 Å². The lowest BCUT2D eigenvalue weighted by Gasteiger charge is -2.12. The Morgan fingerprint density at radius 3 is 1.97 bits per heavy atom. The summed E-state index contributed by atoms with van der Waals surface area (Å²) < 4.78 is 34.9. The van der Waals surface area contributed by atoms with Crippen LogP contribution in [0, 0.1) is 0 Å². The van der Waals surface area contributed by atoms with Crippen LogP contribution in [0.25, 0.3) is 10.2 Å². The minimum Gasteiger partial charge on any atom is -0.493 e. The summed E-state index contributed by atoms with van der Waals surface area (Å²) in [6.07, 6.45) is 0. The number of nitrogens with zero attached hydrogens (tertiary/aromatic N) is 2. The molecular weight excluding hydrogens is 436 g/mol. The van der Waals surface area contributed by atoms with Crippen molar-refractivity contribution in [1.29, 1.82) is 0 Å². The third kappa shape index (κ3) is 4.51. The predicted molar refractivity (Wildman–Crippen MR) is 121 cm³/mol. The maximum atomic E-state index is 13.1. The van der Waals surface area contributed by atoms with E-state index in [0.717, 1.165) is 10.2 Å². The Morgan fingerprint density at radius 1 is 0.844 bits per heavy atom. The molecule has 0 aliphatic heterocycles. The molecule has 1 aromatic heterocycles. The van der Waals surface area contributed by atoms with E-state index in [-0.39, 0.29) is 0 Å². The second-order valence-corrected chi connectivity index (χ2v) is 7.54. The van der Waals surface area contributed by atoms with E-state index < -0.39 is 5.91 Å². The largest absolute Gasteiger partial charge is 0.493 e. The van der Waals surface area contributed by atoms with E-state index in [1.807, 2.05) is 16.7 Å². The Bertz CT molecular complexity index is 1160. The summed E-state index contributed by atoms with van der Waals surface area (Å²) in [5.74, 6) is 1.91. The molecule has 0 bridgehead atoms. The van der Waals surface area contributed by atoms with Crippen molar-refractivity contribution in [2.75, 3.05) is 49.3 Å². The number of aromatic nitrogens is 1. The van der Waals surface area contributed by atoms with Crippen LogP contribution in [0.5, 0.6) is 28.7 Å². The van der Waals surface area contributed by atoms with Crippen LogP contribution in [-0.4, -0.2) is 59.7 Å². The van der Waals surface area contributed by atoms with Gasteiger partial charge in [-0.1, -0.05) is 11.3 Å². The Hall–Kier alpha value is -3.24. The quantitative estimate of drug-likeness (QED) is 0.483. The number of amides is 1. The number of fused-ring (bicyclic) bond motifs is 1. The van der Waals surface area contributed by atoms with E-state index >= 15 is 0 Å². The summed E-state index contributed by atoms with van der Waals surface area (Å²) in [7, 11) is 9.27. The van der Waals surface area contributed by atoms with Gasteiger partial charge >= 0.3 is 0 Å². The molecule has 3 rings (SSSR count). The summed E-state index contributed by atoms with van der Waals surface area (Å²) in [5.41, 5.74) is 1.17. The first-order chi connectivity index (χ1) is 15.5. The predicted octanol–water partition coefficient (Wildman–Crippen LogP) is 3.13. The maximum absolute atomic E-state index is 13.1. The molecule has 0 saturated heterocycles. The van der Waals surface area contributed by atoms with E-state index in [9.17, 15) is 4.79 Å². The summed E-state index contributed by atoms with van der Waals surface area (Å²) in [6, 6.07) is 6.88. The first-order valence-electron chi connectivity index (χ1n) is 9.64.